The Morgan fingerprint density at radius 1 is 1.24 bits per heavy atom. The van der Waals surface area contributed by atoms with E-state index in [-0.39, 0.29) is 5.57 Å². The Morgan fingerprint density at radius 3 is 2.44 bits per heavy atom. The van der Waals surface area contributed by atoms with Crippen molar-refractivity contribution in [3.63, 3.8) is 0 Å². The van der Waals surface area contributed by atoms with Gasteiger partial charge >= 0.3 is 0 Å². The van der Waals surface area contributed by atoms with Crippen LogP contribution in [0.3, 0.4) is 0 Å². The Balaban J connectivity index is 2.20. The second-order valence-electron chi connectivity index (χ2n) is 5.78. The van der Waals surface area contributed by atoms with Crippen LogP contribution in [-0.2, 0) is 11.2 Å². The van der Waals surface area contributed by atoms with Crippen LogP contribution in [0, 0.1) is 11.3 Å². The topological polar surface area (TPSA) is 56.1 Å². The zero-order chi connectivity index (χ0) is 18.4. The molecule has 5 heteroatoms. The molecular weight excluding hydrogens is 378 g/mol. The van der Waals surface area contributed by atoms with Crippen LogP contribution in [0.1, 0.15) is 18.1 Å². The fraction of sp³-hybridized carbons (Fsp3) is 0.200. The number of amides is 1. The van der Waals surface area contributed by atoms with E-state index in [1.165, 1.54) is 5.56 Å². The van der Waals surface area contributed by atoms with E-state index in [0.717, 1.165) is 22.1 Å². The van der Waals surface area contributed by atoms with Gasteiger partial charge in [0, 0.05) is 24.3 Å². The molecule has 25 heavy (non-hydrogen) atoms. The SMILES string of the molecule is CCc1ccc(NC(=O)/C(C#N)=C/c2ccc(N(C)C)c(Br)c2)cc1. The van der Waals surface area contributed by atoms with Gasteiger partial charge in [0.2, 0.25) is 0 Å². The van der Waals surface area contributed by atoms with Gasteiger partial charge in [-0.25, -0.2) is 0 Å². The number of carbonyl (C=O) groups excluding carboxylic acids is 1. The molecule has 0 aliphatic rings. The van der Waals surface area contributed by atoms with Crippen molar-refractivity contribution in [3.8, 4) is 6.07 Å². The number of anilines is 2. The molecule has 128 valence electrons. The van der Waals surface area contributed by atoms with Crippen molar-refractivity contribution in [1.29, 1.82) is 5.26 Å². The first-order valence-electron chi connectivity index (χ1n) is 7.93. The molecule has 4 nitrogen and oxygen atoms in total. The highest BCUT2D eigenvalue weighted by molar-refractivity contribution is 9.10. The second kappa shape index (κ2) is 8.50. The molecule has 2 rings (SSSR count). The van der Waals surface area contributed by atoms with Crippen LogP contribution >= 0.6 is 15.9 Å². The zero-order valence-corrected chi connectivity index (χ0v) is 16.1. The van der Waals surface area contributed by atoms with Crippen LogP contribution in [-0.4, -0.2) is 20.0 Å². The van der Waals surface area contributed by atoms with E-state index < -0.39 is 5.91 Å². The monoisotopic (exact) mass is 397 g/mol. The Bertz CT molecular complexity index is 833. The maximum Gasteiger partial charge on any atom is 0.266 e. The molecule has 2 aromatic rings. The van der Waals surface area contributed by atoms with E-state index >= 15 is 0 Å². The molecule has 0 saturated carbocycles. The summed E-state index contributed by atoms with van der Waals surface area (Å²) >= 11 is 3.51. The average Bonchev–Trinajstić information content (AvgIpc) is 2.60. The number of aryl methyl sites for hydroxylation is 1. The minimum absolute atomic E-state index is 0.0593. The van der Waals surface area contributed by atoms with Gasteiger partial charge in [0.25, 0.3) is 5.91 Å². The molecular formula is C20H20BrN3O. The predicted molar refractivity (Wildman–Crippen MR) is 107 cm³/mol. The van der Waals surface area contributed by atoms with Crippen LogP contribution in [0.15, 0.2) is 52.5 Å². The molecule has 0 spiro atoms. The molecule has 0 unspecified atom stereocenters. The second-order valence-corrected chi connectivity index (χ2v) is 6.63. The van der Waals surface area contributed by atoms with Crippen LogP contribution in [0.4, 0.5) is 11.4 Å². The van der Waals surface area contributed by atoms with Gasteiger partial charge in [0.05, 0.1) is 5.69 Å². The predicted octanol–water partition coefficient (Wildman–Crippen LogP) is 4.62. The zero-order valence-electron chi connectivity index (χ0n) is 14.5. The number of nitriles is 1. The summed E-state index contributed by atoms with van der Waals surface area (Å²) in [4.78, 5) is 14.3. The molecule has 0 bridgehead atoms. The molecule has 0 aromatic heterocycles. The van der Waals surface area contributed by atoms with Crippen molar-refractivity contribution < 1.29 is 4.79 Å². The van der Waals surface area contributed by atoms with Crippen molar-refractivity contribution in [2.75, 3.05) is 24.3 Å². The lowest BCUT2D eigenvalue weighted by Gasteiger charge is -2.14. The number of halogens is 1. The number of carbonyl (C=O) groups is 1. The molecule has 1 amide bonds. The third-order valence-electron chi connectivity index (χ3n) is 3.75. The average molecular weight is 398 g/mol. The summed E-state index contributed by atoms with van der Waals surface area (Å²) in [6, 6.07) is 15.3. The normalized spacial score (nSPS) is 10.9. The molecule has 0 fully saturated rings. The molecule has 0 aliphatic heterocycles. The lowest BCUT2D eigenvalue weighted by atomic mass is 10.1. The third-order valence-corrected chi connectivity index (χ3v) is 4.38. The highest BCUT2D eigenvalue weighted by Crippen LogP contribution is 2.26. The van der Waals surface area contributed by atoms with Crippen LogP contribution in [0.25, 0.3) is 6.08 Å². The Labute approximate surface area is 156 Å². The maximum absolute atomic E-state index is 12.3. The summed E-state index contributed by atoms with van der Waals surface area (Å²) in [6.45, 7) is 2.07. The van der Waals surface area contributed by atoms with Gasteiger partial charge in [-0.3, -0.25) is 4.79 Å². The summed E-state index contributed by atoms with van der Waals surface area (Å²) in [5, 5.41) is 12.1. The highest BCUT2D eigenvalue weighted by atomic mass is 79.9. The molecule has 0 radical (unpaired) electrons. The van der Waals surface area contributed by atoms with E-state index in [4.69, 9.17) is 0 Å². The number of hydrogen-bond acceptors (Lipinski definition) is 3. The van der Waals surface area contributed by atoms with Crippen molar-refractivity contribution in [2.45, 2.75) is 13.3 Å². The van der Waals surface area contributed by atoms with Crippen molar-refractivity contribution >= 4 is 39.3 Å². The number of rotatable bonds is 5. The van der Waals surface area contributed by atoms with Crippen molar-refractivity contribution in [3.05, 3.63) is 63.6 Å². The van der Waals surface area contributed by atoms with Crippen molar-refractivity contribution in [1.82, 2.24) is 0 Å². The molecule has 1 N–H and O–H groups in total. The molecule has 0 aliphatic carbocycles. The molecule has 0 heterocycles. The largest absolute Gasteiger partial charge is 0.377 e. The van der Waals surface area contributed by atoms with Crippen LogP contribution < -0.4 is 10.2 Å². The Kier molecular flexibility index (Phi) is 6.37. The fourth-order valence-corrected chi connectivity index (χ4v) is 3.06. The standard InChI is InChI=1S/C20H20BrN3O/c1-4-14-5-8-17(9-6-14)23-20(25)16(13-22)11-15-7-10-19(24(2)3)18(21)12-15/h5-12H,4H2,1-3H3,(H,23,25)/b16-11+. The molecule has 2 aromatic carbocycles. The first kappa shape index (κ1) is 18.8. The van der Waals surface area contributed by atoms with Gasteiger partial charge < -0.3 is 10.2 Å². The van der Waals surface area contributed by atoms with E-state index in [1.54, 1.807) is 6.08 Å². The summed E-state index contributed by atoms with van der Waals surface area (Å²) in [7, 11) is 3.90. The molecule has 0 atom stereocenters. The number of nitrogens with zero attached hydrogens (tertiary/aromatic N) is 2. The Morgan fingerprint density at radius 2 is 1.92 bits per heavy atom. The summed E-state index contributed by atoms with van der Waals surface area (Å²) in [5.74, 6) is -0.417. The number of nitrogens with one attached hydrogen (secondary N) is 1. The summed E-state index contributed by atoms with van der Waals surface area (Å²) in [5.41, 5.74) is 3.73. The van der Waals surface area contributed by atoms with E-state index in [2.05, 4.69) is 28.2 Å². The van der Waals surface area contributed by atoms with Gasteiger partial charge in [-0.1, -0.05) is 25.1 Å². The van der Waals surface area contributed by atoms with Gasteiger partial charge in [0.1, 0.15) is 11.6 Å². The summed E-state index contributed by atoms with van der Waals surface area (Å²) < 4.78 is 0.902. The Hall–Kier alpha value is -2.58. The van der Waals surface area contributed by atoms with E-state index in [0.29, 0.717) is 5.69 Å². The first-order chi connectivity index (χ1) is 11.9. The van der Waals surface area contributed by atoms with Crippen molar-refractivity contribution in [2.24, 2.45) is 0 Å². The minimum Gasteiger partial charge on any atom is -0.377 e. The van der Waals surface area contributed by atoms with Gasteiger partial charge in [0.15, 0.2) is 0 Å². The van der Waals surface area contributed by atoms with Crippen LogP contribution in [0.2, 0.25) is 0 Å². The third kappa shape index (κ3) is 4.94. The van der Waals surface area contributed by atoms with Gasteiger partial charge in [-0.05, 0) is 63.8 Å². The quantitative estimate of drug-likeness (QED) is 0.591. The first-order valence-corrected chi connectivity index (χ1v) is 8.73. The van der Waals surface area contributed by atoms with Crippen LogP contribution in [0.5, 0.6) is 0 Å². The molecule has 0 saturated heterocycles. The fourth-order valence-electron chi connectivity index (χ4n) is 2.31. The highest BCUT2D eigenvalue weighted by Gasteiger charge is 2.10. The van der Waals surface area contributed by atoms with Gasteiger partial charge in [-0.15, -0.1) is 0 Å². The lowest BCUT2D eigenvalue weighted by molar-refractivity contribution is -0.112. The number of benzene rings is 2. The lowest BCUT2D eigenvalue weighted by Crippen LogP contribution is -2.13. The van der Waals surface area contributed by atoms with E-state index in [9.17, 15) is 10.1 Å². The van der Waals surface area contributed by atoms with Gasteiger partial charge in [-0.2, -0.15) is 5.26 Å². The minimum atomic E-state index is -0.417. The van der Waals surface area contributed by atoms with E-state index in [1.807, 2.05) is 67.5 Å². The smallest absolute Gasteiger partial charge is 0.266 e. The number of hydrogen-bond donors (Lipinski definition) is 1. The maximum atomic E-state index is 12.3. The summed E-state index contributed by atoms with van der Waals surface area (Å²) in [6.07, 6.45) is 2.52.